The van der Waals surface area contributed by atoms with Crippen LogP contribution < -0.4 is 38.0 Å². The topological polar surface area (TPSA) is 0 Å². The molecule has 0 spiro atoms. The SMILES string of the molecule is Cc1cc2c3c(cc4c([Si](C)(C)C)cc5c6c(cc1c3c46)B1c3ccc(C(C)C)cc3-c3cc(C(C)C)cc-5c31)B1c3ccc(C(C)C)cc3-c3cc(C(C)C)cc-2c31. The van der Waals surface area contributed by atoms with Gasteiger partial charge >= 0.3 is 0 Å². The van der Waals surface area contributed by atoms with Crippen molar-refractivity contribution in [1.82, 2.24) is 0 Å². The van der Waals surface area contributed by atoms with Gasteiger partial charge in [-0.25, -0.2) is 0 Å². The third-order valence-corrected chi connectivity index (χ3v) is 17.4. The highest BCUT2D eigenvalue weighted by molar-refractivity contribution is 7.03. The van der Waals surface area contributed by atoms with Crippen LogP contribution >= 0.6 is 0 Å². The molecule has 0 atom stereocenters. The number of rotatable bonds is 5. The molecule has 0 fully saturated rings. The summed E-state index contributed by atoms with van der Waals surface area (Å²) in [7, 11) is -1.87. The van der Waals surface area contributed by atoms with Gasteiger partial charge in [-0.15, -0.1) is 0 Å². The summed E-state index contributed by atoms with van der Waals surface area (Å²) >= 11 is 0. The maximum Gasteiger partial charge on any atom is 0.244 e. The van der Waals surface area contributed by atoms with Gasteiger partial charge in [0.1, 0.15) is 0 Å². The zero-order chi connectivity index (χ0) is 40.9. The van der Waals surface area contributed by atoms with E-state index in [1.54, 1.807) is 10.6 Å². The first kappa shape index (κ1) is 36.0. The quantitative estimate of drug-likeness (QED) is 0.121. The minimum atomic E-state index is -1.87. The van der Waals surface area contributed by atoms with E-state index in [9.17, 15) is 0 Å². The molecule has 59 heavy (non-hydrogen) atoms. The normalized spacial score (nSPS) is 14.3. The predicted molar refractivity (Wildman–Crippen MR) is 265 cm³/mol. The highest BCUT2D eigenvalue weighted by Gasteiger charge is 2.45. The summed E-state index contributed by atoms with van der Waals surface area (Å²) in [6.07, 6.45) is 0. The average molecular weight is 777 g/mol. The molecule has 4 heterocycles. The van der Waals surface area contributed by atoms with Crippen LogP contribution in [0.1, 0.15) is 107 Å². The van der Waals surface area contributed by atoms with Gasteiger partial charge in [0.15, 0.2) is 0 Å². The molecule has 8 aromatic rings. The Morgan fingerprint density at radius 1 is 0.373 bits per heavy atom. The minimum absolute atomic E-state index is 0.231. The first-order chi connectivity index (χ1) is 28.1. The summed E-state index contributed by atoms with van der Waals surface area (Å²) in [6.45, 7) is 29.5. The molecule has 4 aliphatic rings. The highest BCUT2D eigenvalue weighted by atomic mass is 28.3. The zero-order valence-corrected chi connectivity index (χ0v) is 38.0. The van der Waals surface area contributed by atoms with E-state index in [0.717, 1.165) is 0 Å². The van der Waals surface area contributed by atoms with Gasteiger partial charge in [0.05, 0.1) is 8.07 Å². The maximum atomic E-state index is 2.74. The van der Waals surface area contributed by atoms with Crippen LogP contribution in [0.25, 0.3) is 76.8 Å². The lowest BCUT2D eigenvalue weighted by Crippen LogP contribution is -2.53. The summed E-state index contributed by atoms with van der Waals surface area (Å²) in [6, 6.07) is 36.0. The van der Waals surface area contributed by atoms with E-state index in [0.29, 0.717) is 23.7 Å². The molecule has 0 radical (unpaired) electrons. The second kappa shape index (κ2) is 11.7. The number of benzene rings is 8. The van der Waals surface area contributed by atoms with Crippen molar-refractivity contribution >= 4 is 91.8 Å². The lowest BCUT2D eigenvalue weighted by Gasteiger charge is -2.34. The van der Waals surface area contributed by atoms with Crippen molar-refractivity contribution in [1.29, 1.82) is 0 Å². The molecule has 0 saturated carbocycles. The molecule has 0 N–H and O–H groups in total. The summed E-state index contributed by atoms with van der Waals surface area (Å²) < 4.78 is 0. The fraction of sp³-hybridized carbons (Fsp3) is 0.286. The first-order valence-electron chi connectivity index (χ1n) is 22.6. The van der Waals surface area contributed by atoms with Crippen molar-refractivity contribution in [3.05, 3.63) is 113 Å². The summed E-state index contributed by atoms with van der Waals surface area (Å²) in [5, 5.41) is 10.6. The molecule has 0 aliphatic carbocycles. The lowest BCUT2D eigenvalue weighted by atomic mass is 9.34. The van der Waals surface area contributed by atoms with Gasteiger partial charge in [-0.2, -0.15) is 0 Å². The lowest BCUT2D eigenvalue weighted by molar-refractivity contribution is 0.866. The molecule has 0 unspecified atom stereocenters. The van der Waals surface area contributed by atoms with Crippen molar-refractivity contribution in [2.24, 2.45) is 0 Å². The molecule has 288 valence electrons. The molecule has 4 aliphatic heterocycles. The summed E-state index contributed by atoms with van der Waals surface area (Å²) in [4.78, 5) is 0. The molecule has 12 rings (SSSR count). The molecular weight excluding hydrogens is 722 g/mol. The van der Waals surface area contributed by atoms with E-state index in [2.05, 4.69) is 167 Å². The van der Waals surface area contributed by atoms with Crippen molar-refractivity contribution in [3.63, 3.8) is 0 Å². The molecule has 0 nitrogen and oxygen atoms in total. The van der Waals surface area contributed by atoms with Gasteiger partial charge in [-0.3, -0.25) is 0 Å². The molecule has 0 amide bonds. The van der Waals surface area contributed by atoms with E-state index in [-0.39, 0.29) is 13.4 Å². The predicted octanol–water partition coefficient (Wildman–Crippen LogP) is 10.9. The first-order valence-corrected chi connectivity index (χ1v) is 26.1. The van der Waals surface area contributed by atoms with Crippen molar-refractivity contribution < 1.29 is 0 Å². The van der Waals surface area contributed by atoms with E-state index in [1.165, 1.54) is 132 Å². The highest BCUT2D eigenvalue weighted by Crippen LogP contribution is 2.48. The third kappa shape index (κ3) is 4.53. The largest absolute Gasteiger partial charge is 0.244 e. The van der Waals surface area contributed by atoms with Crippen LogP contribution in [0.2, 0.25) is 19.6 Å². The molecule has 8 aromatic carbocycles. The second-order valence-corrected chi connectivity index (χ2v) is 26.3. The fourth-order valence-electron chi connectivity index (χ4n) is 12.3. The molecule has 0 saturated heterocycles. The van der Waals surface area contributed by atoms with E-state index in [1.807, 2.05) is 0 Å². The van der Waals surface area contributed by atoms with E-state index < -0.39 is 8.07 Å². The Bertz CT molecular complexity index is 3210. The van der Waals surface area contributed by atoms with E-state index >= 15 is 0 Å². The van der Waals surface area contributed by atoms with Crippen LogP contribution in [0.5, 0.6) is 0 Å². The van der Waals surface area contributed by atoms with Crippen molar-refractivity contribution in [3.8, 4) is 44.5 Å². The number of hydrogen-bond donors (Lipinski definition) is 0. The standard InChI is InChI=1S/C56H54B2Si/c1-27(2)32-13-15-46-38(19-32)42-21-35(30(7)8)23-44-40-26-50(59(10,11)12)45-25-49-51-39(17-31(9)36-24-48(57(46)56(42)44)52(40)54(45)53(36)51)43-22-34(29(5)6)20-41-37-18-33(28(3)4)14-16-47(37)58(49)55(41)43/h13-30H,1-12H3. The molecular formula is C56H54B2Si. The van der Waals surface area contributed by atoms with Crippen LogP contribution in [0.3, 0.4) is 0 Å². The van der Waals surface area contributed by atoms with Crippen LogP contribution in [0.15, 0.2) is 84.9 Å². The Morgan fingerprint density at radius 2 is 0.763 bits per heavy atom. The van der Waals surface area contributed by atoms with Crippen LogP contribution in [0, 0.1) is 6.92 Å². The zero-order valence-electron chi connectivity index (χ0n) is 37.0. The average Bonchev–Trinajstić information content (AvgIpc) is 3.71. The Hall–Kier alpha value is -4.85. The monoisotopic (exact) mass is 776 g/mol. The Balaban J connectivity index is 1.28. The second-order valence-electron chi connectivity index (χ2n) is 21.2. The van der Waals surface area contributed by atoms with Crippen molar-refractivity contribution in [2.75, 3.05) is 0 Å². The van der Waals surface area contributed by atoms with Crippen LogP contribution in [0.4, 0.5) is 0 Å². The number of aryl methyl sites for hydroxylation is 1. The Morgan fingerprint density at radius 3 is 1.20 bits per heavy atom. The summed E-state index contributed by atoms with van der Waals surface area (Å²) in [5.74, 6) is 1.87. The molecule has 0 aromatic heterocycles. The van der Waals surface area contributed by atoms with Gasteiger partial charge in [0.2, 0.25) is 13.4 Å². The van der Waals surface area contributed by atoms with Gasteiger partial charge in [-0.1, -0.05) is 198 Å². The van der Waals surface area contributed by atoms with Gasteiger partial charge in [0.25, 0.3) is 0 Å². The smallest absolute Gasteiger partial charge is 0.0661 e. The molecule has 0 bridgehead atoms. The van der Waals surface area contributed by atoms with Gasteiger partial charge in [-0.05, 0) is 135 Å². The summed E-state index contributed by atoms with van der Waals surface area (Å²) in [5.41, 5.74) is 28.0. The van der Waals surface area contributed by atoms with Gasteiger partial charge in [0, 0.05) is 0 Å². The maximum absolute atomic E-state index is 2.74. The Labute approximate surface area is 353 Å². The fourth-order valence-corrected chi connectivity index (χ4v) is 13.8. The van der Waals surface area contributed by atoms with Crippen molar-refractivity contribution in [2.45, 2.75) is 106 Å². The van der Waals surface area contributed by atoms with E-state index in [4.69, 9.17) is 0 Å². The minimum Gasteiger partial charge on any atom is -0.0661 e. The number of hydrogen-bond acceptors (Lipinski definition) is 0. The van der Waals surface area contributed by atoms with Crippen LogP contribution in [-0.2, 0) is 0 Å². The molecule has 3 heteroatoms. The van der Waals surface area contributed by atoms with Crippen LogP contribution in [-0.4, -0.2) is 21.5 Å². The third-order valence-electron chi connectivity index (χ3n) is 15.4. The Kier molecular flexibility index (Phi) is 7.15. The van der Waals surface area contributed by atoms with Gasteiger partial charge < -0.3 is 0 Å². The number of fused-ring (bicyclic) bond motifs is 10.